The van der Waals surface area contributed by atoms with Gasteiger partial charge in [-0.1, -0.05) is 52.2 Å². The lowest BCUT2D eigenvalue weighted by Crippen LogP contribution is -2.47. The Kier molecular flexibility index (Phi) is 6.49. The van der Waals surface area contributed by atoms with E-state index in [4.69, 9.17) is 0 Å². The fraction of sp³-hybridized carbons (Fsp3) is 0.700. The summed E-state index contributed by atoms with van der Waals surface area (Å²) in [6.07, 6.45) is 6.41. The van der Waals surface area contributed by atoms with Crippen LogP contribution in [0.5, 0.6) is 5.75 Å². The number of aromatic hydroxyl groups is 1. The zero-order valence-corrected chi connectivity index (χ0v) is 15.0. The number of phenols is 1. The number of piperidine rings is 1. The van der Waals surface area contributed by atoms with Gasteiger partial charge in [0.2, 0.25) is 0 Å². The molecule has 0 amide bonds. The van der Waals surface area contributed by atoms with E-state index in [0.29, 0.717) is 11.5 Å². The van der Waals surface area contributed by atoms with Gasteiger partial charge in [-0.25, -0.2) is 0 Å². The fourth-order valence-corrected chi connectivity index (χ4v) is 3.76. The molecule has 3 heteroatoms. The predicted molar refractivity (Wildman–Crippen MR) is 95.7 cm³/mol. The molecule has 2 rings (SSSR count). The van der Waals surface area contributed by atoms with Gasteiger partial charge in [0.05, 0.1) is 6.61 Å². The van der Waals surface area contributed by atoms with Crippen LogP contribution in [0.15, 0.2) is 18.2 Å². The summed E-state index contributed by atoms with van der Waals surface area (Å²) in [4.78, 5) is 2.60. The van der Waals surface area contributed by atoms with Gasteiger partial charge >= 0.3 is 0 Å². The molecule has 0 aromatic heterocycles. The molecule has 1 heterocycles. The molecule has 2 unspecified atom stereocenters. The Labute approximate surface area is 141 Å². The minimum absolute atomic E-state index is 0.103. The highest BCUT2D eigenvalue weighted by molar-refractivity contribution is 5.39. The number of hydrogen-bond acceptors (Lipinski definition) is 3. The minimum Gasteiger partial charge on any atom is -0.508 e. The maximum Gasteiger partial charge on any atom is 0.121 e. The predicted octanol–water partition coefficient (Wildman–Crippen LogP) is 4.06. The lowest BCUT2D eigenvalue weighted by atomic mass is 9.68. The molecule has 23 heavy (non-hydrogen) atoms. The number of unbranched alkanes of at least 4 members (excludes halogenated alkanes) is 3. The van der Waals surface area contributed by atoms with Gasteiger partial charge in [0.1, 0.15) is 5.75 Å². The third-order valence-electron chi connectivity index (χ3n) is 5.81. The highest BCUT2D eigenvalue weighted by atomic mass is 16.3. The van der Waals surface area contributed by atoms with Gasteiger partial charge in [0, 0.05) is 12.1 Å². The maximum atomic E-state index is 10.1. The number of hydrogen-bond donors (Lipinski definition) is 2. The Bertz CT molecular complexity index is 502. The molecule has 3 nitrogen and oxygen atoms in total. The van der Waals surface area contributed by atoms with Crippen molar-refractivity contribution in [3.05, 3.63) is 29.3 Å². The smallest absolute Gasteiger partial charge is 0.121 e. The second kappa shape index (κ2) is 8.16. The first-order valence-electron chi connectivity index (χ1n) is 9.17. The van der Waals surface area contributed by atoms with Gasteiger partial charge in [-0.2, -0.15) is 0 Å². The quantitative estimate of drug-likeness (QED) is 0.745. The number of rotatable bonds is 7. The van der Waals surface area contributed by atoms with Crippen molar-refractivity contribution >= 4 is 0 Å². The van der Waals surface area contributed by atoms with Crippen LogP contribution in [-0.2, 0) is 12.0 Å². The van der Waals surface area contributed by atoms with E-state index in [-0.39, 0.29) is 17.8 Å². The van der Waals surface area contributed by atoms with E-state index in [9.17, 15) is 10.2 Å². The average Bonchev–Trinajstić information content (AvgIpc) is 2.55. The van der Waals surface area contributed by atoms with Crippen LogP contribution < -0.4 is 0 Å². The van der Waals surface area contributed by atoms with Crippen molar-refractivity contribution in [1.29, 1.82) is 0 Å². The molecule has 0 bridgehead atoms. The highest BCUT2D eigenvalue weighted by Gasteiger charge is 2.38. The van der Waals surface area contributed by atoms with Crippen LogP contribution in [0.1, 0.15) is 64.0 Å². The summed E-state index contributed by atoms with van der Waals surface area (Å²) < 4.78 is 0. The number of benzene rings is 1. The van der Waals surface area contributed by atoms with Crippen molar-refractivity contribution in [2.24, 2.45) is 5.92 Å². The van der Waals surface area contributed by atoms with Crippen LogP contribution in [-0.4, -0.2) is 34.7 Å². The Balaban J connectivity index is 1.99. The van der Waals surface area contributed by atoms with Gasteiger partial charge in [-0.05, 0) is 48.9 Å². The van der Waals surface area contributed by atoms with Crippen LogP contribution in [0, 0.1) is 5.92 Å². The molecule has 0 aliphatic carbocycles. The van der Waals surface area contributed by atoms with Crippen LogP contribution in [0.2, 0.25) is 0 Å². The molecule has 0 spiro atoms. The fourth-order valence-electron chi connectivity index (χ4n) is 3.76. The van der Waals surface area contributed by atoms with Crippen LogP contribution in [0.4, 0.5) is 0 Å². The largest absolute Gasteiger partial charge is 0.508 e. The van der Waals surface area contributed by atoms with Crippen molar-refractivity contribution in [2.75, 3.05) is 19.6 Å². The van der Waals surface area contributed by atoms with Crippen molar-refractivity contribution < 1.29 is 10.2 Å². The first kappa shape index (κ1) is 18.3. The van der Waals surface area contributed by atoms with E-state index < -0.39 is 0 Å². The maximum absolute atomic E-state index is 10.1. The molecule has 0 saturated carbocycles. The third-order valence-corrected chi connectivity index (χ3v) is 5.81. The van der Waals surface area contributed by atoms with Gasteiger partial charge in [0.25, 0.3) is 0 Å². The first-order valence-corrected chi connectivity index (χ1v) is 9.17. The monoisotopic (exact) mass is 319 g/mol. The third kappa shape index (κ3) is 4.27. The summed E-state index contributed by atoms with van der Waals surface area (Å²) in [5.74, 6) is 0.780. The molecule has 2 N–H and O–H groups in total. The first-order chi connectivity index (χ1) is 11.0. The SMILES string of the molecule is CCCCCCN1CCC(C)(c2ccc(CO)c(O)c2)C(C)C1. The van der Waals surface area contributed by atoms with Crippen LogP contribution in [0.3, 0.4) is 0 Å². The van der Waals surface area contributed by atoms with Crippen LogP contribution >= 0.6 is 0 Å². The molecule has 0 radical (unpaired) electrons. The highest BCUT2D eigenvalue weighted by Crippen LogP contribution is 2.40. The molecule has 1 aromatic carbocycles. The minimum atomic E-state index is -0.107. The normalized spacial score (nSPS) is 25.7. The number of aliphatic hydroxyl groups is 1. The molecule has 130 valence electrons. The van der Waals surface area contributed by atoms with Gasteiger partial charge < -0.3 is 15.1 Å². The van der Waals surface area contributed by atoms with Crippen molar-refractivity contribution in [2.45, 2.75) is 64.9 Å². The Hall–Kier alpha value is -1.06. The summed E-state index contributed by atoms with van der Waals surface area (Å²) in [5, 5.41) is 19.3. The van der Waals surface area contributed by atoms with E-state index in [0.717, 1.165) is 19.5 Å². The number of likely N-dealkylation sites (tertiary alicyclic amines) is 1. The van der Waals surface area contributed by atoms with E-state index in [2.05, 4.69) is 31.7 Å². The second-order valence-corrected chi connectivity index (χ2v) is 7.43. The summed E-state index contributed by atoms with van der Waals surface area (Å²) in [7, 11) is 0. The molecule has 2 atom stereocenters. The summed E-state index contributed by atoms with van der Waals surface area (Å²) in [5.41, 5.74) is 1.91. The zero-order valence-electron chi connectivity index (χ0n) is 15.0. The molecular formula is C20H33NO2. The summed E-state index contributed by atoms with van der Waals surface area (Å²) in [6.45, 7) is 10.3. The van der Waals surface area contributed by atoms with Crippen molar-refractivity contribution in [3.63, 3.8) is 0 Å². The molecular weight excluding hydrogens is 286 g/mol. The molecule has 1 fully saturated rings. The van der Waals surface area contributed by atoms with E-state index in [1.54, 1.807) is 0 Å². The van der Waals surface area contributed by atoms with Crippen LogP contribution in [0.25, 0.3) is 0 Å². The summed E-state index contributed by atoms with van der Waals surface area (Å²) in [6, 6.07) is 5.80. The summed E-state index contributed by atoms with van der Waals surface area (Å²) >= 11 is 0. The van der Waals surface area contributed by atoms with E-state index in [1.807, 2.05) is 12.1 Å². The van der Waals surface area contributed by atoms with Crippen molar-refractivity contribution in [1.82, 2.24) is 4.90 Å². The lowest BCUT2D eigenvalue weighted by Gasteiger charge is -2.45. The van der Waals surface area contributed by atoms with Gasteiger partial charge in [0.15, 0.2) is 0 Å². The Morgan fingerprint density at radius 2 is 2.04 bits per heavy atom. The van der Waals surface area contributed by atoms with Gasteiger partial charge in [-0.3, -0.25) is 0 Å². The Morgan fingerprint density at radius 1 is 1.26 bits per heavy atom. The molecule has 1 aromatic rings. The van der Waals surface area contributed by atoms with Gasteiger partial charge in [-0.15, -0.1) is 0 Å². The topological polar surface area (TPSA) is 43.7 Å². The van der Waals surface area contributed by atoms with Crippen molar-refractivity contribution in [3.8, 4) is 5.75 Å². The van der Waals surface area contributed by atoms with E-state index in [1.165, 1.54) is 37.8 Å². The Morgan fingerprint density at radius 3 is 2.65 bits per heavy atom. The number of nitrogens with zero attached hydrogens (tertiary/aromatic N) is 1. The average molecular weight is 319 g/mol. The second-order valence-electron chi connectivity index (χ2n) is 7.43. The standard InChI is InChI=1S/C20H33NO2/c1-4-5-6-7-11-21-12-10-20(3,16(2)14-21)18-9-8-17(15-22)19(23)13-18/h8-9,13,16,22-23H,4-7,10-12,14-15H2,1-3H3. The zero-order chi connectivity index (χ0) is 16.9. The number of aliphatic hydroxyl groups excluding tert-OH is 1. The lowest BCUT2D eigenvalue weighted by molar-refractivity contribution is 0.109. The molecule has 1 aliphatic rings. The van der Waals surface area contributed by atoms with E-state index >= 15 is 0 Å². The molecule has 1 aliphatic heterocycles. The molecule has 1 saturated heterocycles.